The number of nitrogens with one attached hydrogen (secondary N) is 1. The maximum absolute atomic E-state index is 5.69. The molecule has 0 radical (unpaired) electrons. The van der Waals surface area contributed by atoms with Gasteiger partial charge in [0.2, 0.25) is 0 Å². The van der Waals surface area contributed by atoms with Crippen molar-refractivity contribution in [2.75, 3.05) is 19.7 Å². The molecule has 0 amide bonds. The fourth-order valence-electron chi connectivity index (χ4n) is 1.44. The molecule has 0 saturated carbocycles. The Morgan fingerprint density at radius 3 is 2.72 bits per heavy atom. The first-order valence-electron chi connectivity index (χ1n) is 5.91. The second-order valence-electron chi connectivity index (χ2n) is 3.93. The highest BCUT2D eigenvalue weighted by molar-refractivity contribution is 5.85. The number of benzene rings is 1. The van der Waals surface area contributed by atoms with E-state index in [0.717, 1.165) is 18.8 Å². The summed E-state index contributed by atoms with van der Waals surface area (Å²) in [5, 5.41) is 3.19. The Balaban J connectivity index is 0.00000289. The van der Waals surface area contributed by atoms with Crippen molar-refractivity contribution in [1.29, 1.82) is 0 Å². The van der Waals surface area contributed by atoms with Gasteiger partial charge < -0.3 is 10.1 Å². The normalized spacial score (nSPS) is 10.1. The summed E-state index contributed by atoms with van der Waals surface area (Å²) in [6, 6.07) is 6.12. The van der Waals surface area contributed by atoms with Gasteiger partial charge in [-0.3, -0.25) is 0 Å². The lowest BCUT2D eigenvalue weighted by atomic mass is 10.1. The minimum Gasteiger partial charge on any atom is -0.489 e. The van der Waals surface area contributed by atoms with Crippen LogP contribution in [0.4, 0.5) is 0 Å². The molecule has 0 aliphatic carbocycles. The van der Waals surface area contributed by atoms with E-state index in [2.05, 4.69) is 37.9 Å². The summed E-state index contributed by atoms with van der Waals surface area (Å²) in [7, 11) is 0. The Morgan fingerprint density at radius 2 is 2.00 bits per heavy atom. The van der Waals surface area contributed by atoms with Crippen LogP contribution >= 0.6 is 12.4 Å². The van der Waals surface area contributed by atoms with E-state index in [0.29, 0.717) is 6.61 Å². The van der Waals surface area contributed by atoms with Gasteiger partial charge >= 0.3 is 0 Å². The number of halogens is 1. The number of hydrogen-bond donors (Lipinski definition) is 1. The fourth-order valence-corrected chi connectivity index (χ4v) is 1.44. The average Bonchev–Trinajstić information content (AvgIpc) is 2.33. The predicted molar refractivity (Wildman–Crippen MR) is 80.9 cm³/mol. The van der Waals surface area contributed by atoms with E-state index in [-0.39, 0.29) is 12.4 Å². The lowest BCUT2D eigenvalue weighted by molar-refractivity contribution is 0.359. The molecule has 0 saturated heterocycles. The Bertz CT molecular complexity index is 388. The molecule has 1 aromatic rings. The molecule has 0 bridgehead atoms. The molecule has 0 fully saturated rings. The fraction of sp³-hybridized carbons (Fsp3) is 0.333. The molecule has 1 aromatic carbocycles. The monoisotopic (exact) mass is 267 g/mol. The maximum atomic E-state index is 5.69. The Morgan fingerprint density at radius 1 is 1.22 bits per heavy atom. The number of hydrogen-bond acceptors (Lipinski definition) is 2. The molecule has 1 rings (SSSR count). The molecule has 1 N–H and O–H groups in total. The van der Waals surface area contributed by atoms with Gasteiger partial charge in [-0.1, -0.05) is 30.4 Å². The standard InChI is InChI=1S/C15H21NO.ClH/c1-4-10-16-11-5-6-12-17-15-9-7-8-13(2)14(15)3;/h4-9,16H,1,10-12H2,2-3H3;1H/b6-5+;. The smallest absolute Gasteiger partial charge is 0.122 e. The Kier molecular flexibility index (Phi) is 9.07. The third kappa shape index (κ3) is 5.89. The summed E-state index contributed by atoms with van der Waals surface area (Å²) >= 11 is 0. The predicted octanol–water partition coefficient (Wildman–Crippen LogP) is 3.44. The third-order valence-corrected chi connectivity index (χ3v) is 2.61. The van der Waals surface area contributed by atoms with Gasteiger partial charge in [-0.05, 0) is 31.0 Å². The molecular weight excluding hydrogens is 246 g/mol. The van der Waals surface area contributed by atoms with Crippen LogP contribution in [0.25, 0.3) is 0 Å². The largest absolute Gasteiger partial charge is 0.489 e. The van der Waals surface area contributed by atoms with E-state index in [1.54, 1.807) is 0 Å². The van der Waals surface area contributed by atoms with Crippen molar-refractivity contribution in [3.8, 4) is 5.75 Å². The molecular formula is C15H22ClNO. The van der Waals surface area contributed by atoms with Crippen LogP contribution in [0.15, 0.2) is 43.0 Å². The molecule has 0 aliphatic heterocycles. The molecule has 0 atom stereocenters. The minimum absolute atomic E-state index is 0. The van der Waals surface area contributed by atoms with Crippen LogP contribution in [0.3, 0.4) is 0 Å². The number of ether oxygens (including phenoxy) is 1. The van der Waals surface area contributed by atoms with Crippen LogP contribution in [-0.4, -0.2) is 19.7 Å². The van der Waals surface area contributed by atoms with Crippen LogP contribution in [-0.2, 0) is 0 Å². The molecule has 0 heterocycles. The first-order chi connectivity index (χ1) is 8.25. The molecule has 2 nitrogen and oxygen atoms in total. The van der Waals surface area contributed by atoms with Crippen molar-refractivity contribution in [3.05, 3.63) is 54.1 Å². The van der Waals surface area contributed by atoms with E-state index in [1.807, 2.05) is 24.3 Å². The first kappa shape index (κ1) is 16.8. The zero-order chi connectivity index (χ0) is 12.5. The van der Waals surface area contributed by atoms with E-state index in [1.165, 1.54) is 11.1 Å². The summed E-state index contributed by atoms with van der Waals surface area (Å²) in [6.07, 6.45) is 5.94. The van der Waals surface area contributed by atoms with Gasteiger partial charge in [0, 0.05) is 13.1 Å². The SMILES string of the molecule is C=CCNC/C=C/COc1cccc(C)c1C.Cl. The zero-order valence-electron chi connectivity index (χ0n) is 11.1. The van der Waals surface area contributed by atoms with Gasteiger partial charge in [-0.15, -0.1) is 19.0 Å². The van der Waals surface area contributed by atoms with Crippen molar-refractivity contribution >= 4 is 12.4 Å². The molecule has 3 heteroatoms. The molecule has 0 aliphatic rings. The quantitative estimate of drug-likeness (QED) is 0.604. The van der Waals surface area contributed by atoms with E-state index < -0.39 is 0 Å². The van der Waals surface area contributed by atoms with E-state index >= 15 is 0 Å². The van der Waals surface area contributed by atoms with Gasteiger partial charge in [-0.25, -0.2) is 0 Å². The molecule has 0 aromatic heterocycles. The minimum atomic E-state index is 0. The number of rotatable bonds is 7. The zero-order valence-corrected chi connectivity index (χ0v) is 11.9. The van der Waals surface area contributed by atoms with Crippen molar-refractivity contribution in [3.63, 3.8) is 0 Å². The first-order valence-corrected chi connectivity index (χ1v) is 5.91. The maximum Gasteiger partial charge on any atom is 0.122 e. The highest BCUT2D eigenvalue weighted by atomic mass is 35.5. The second kappa shape index (κ2) is 9.75. The van der Waals surface area contributed by atoms with Gasteiger partial charge in [0.05, 0.1) is 0 Å². The van der Waals surface area contributed by atoms with E-state index in [4.69, 9.17) is 4.74 Å². The average molecular weight is 268 g/mol. The van der Waals surface area contributed by atoms with Gasteiger partial charge in [0.15, 0.2) is 0 Å². The third-order valence-electron chi connectivity index (χ3n) is 2.61. The molecule has 100 valence electrons. The van der Waals surface area contributed by atoms with Crippen LogP contribution in [0.5, 0.6) is 5.75 Å². The van der Waals surface area contributed by atoms with Crippen molar-refractivity contribution in [1.82, 2.24) is 5.32 Å². The van der Waals surface area contributed by atoms with Crippen molar-refractivity contribution in [2.45, 2.75) is 13.8 Å². The summed E-state index contributed by atoms with van der Waals surface area (Å²) in [4.78, 5) is 0. The summed E-state index contributed by atoms with van der Waals surface area (Å²) in [5.41, 5.74) is 2.48. The van der Waals surface area contributed by atoms with Crippen molar-refractivity contribution < 1.29 is 4.74 Å². The Labute approximate surface area is 116 Å². The highest BCUT2D eigenvalue weighted by Crippen LogP contribution is 2.20. The molecule has 18 heavy (non-hydrogen) atoms. The van der Waals surface area contributed by atoms with Crippen LogP contribution in [0.2, 0.25) is 0 Å². The topological polar surface area (TPSA) is 21.3 Å². The molecule has 0 spiro atoms. The number of aryl methyl sites for hydroxylation is 1. The van der Waals surface area contributed by atoms with Crippen LogP contribution in [0, 0.1) is 13.8 Å². The van der Waals surface area contributed by atoms with Gasteiger partial charge in [0.1, 0.15) is 12.4 Å². The Hall–Kier alpha value is -1.25. The van der Waals surface area contributed by atoms with E-state index in [9.17, 15) is 0 Å². The van der Waals surface area contributed by atoms with Gasteiger partial charge in [0.25, 0.3) is 0 Å². The second-order valence-corrected chi connectivity index (χ2v) is 3.93. The van der Waals surface area contributed by atoms with Crippen LogP contribution in [0.1, 0.15) is 11.1 Å². The summed E-state index contributed by atoms with van der Waals surface area (Å²) < 4.78 is 5.69. The highest BCUT2D eigenvalue weighted by Gasteiger charge is 1.99. The van der Waals surface area contributed by atoms with Crippen LogP contribution < -0.4 is 10.1 Å². The summed E-state index contributed by atoms with van der Waals surface area (Å²) in [6.45, 7) is 10.1. The summed E-state index contributed by atoms with van der Waals surface area (Å²) in [5.74, 6) is 0.966. The lowest BCUT2D eigenvalue weighted by Crippen LogP contribution is -2.12. The van der Waals surface area contributed by atoms with Crippen molar-refractivity contribution in [2.24, 2.45) is 0 Å². The molecule has 0 unspecified atom stereocenters. The van der Waals surface area contributed by atoms with Gasteiger partial charge in [-0.2, -0.15) is 0 Å². The lowest BCUT2D eigenvalue weighted by Gasteiger charge is -2.08.